The van der Waals surface area contributed by atoms with E-state index in [0.29, 0.717) is 23.0 Å². The molecule has 1 amide bonds. The molecule has 12 heavy (non-hydrogen) atoms. The number of hydrogen-bond donors (Lipinski definition) is 1. The highest BCUT2D eigenvalue weighted by atomic mass is 127. The number of carbonyl (C=O) groups is 1. The average Bonchev–Trinajstić information content (AvgIpc) is 2.05. The van der Waals surface area contributed by atoms with Crippen LogP contribution in [0.2, 0.25) is 0 Å². The van der Waals surface area contributed by atoms with Crippen molar-refractivity contribution in [2.24, 2.45) is 0 Å². The Labute approximate surface area is 84.7 Å². The summed E-state index contributed by atoms with van der Waals surface area (Å²) in [5.41, 5.74) is 0.359. The quantitative estimate of drug-likeness (QED) is 0.470. The van der Waals surface area contributed by atoms with Crippen LogP contribution in [0.5, 0.6) is 0 Å². The first kappa shape index (κ1) is 9.95. The van der Waals surface area contributed by atoms with Gasteiger partial charge < -0.3 is 5.32 Å². The molecule has 0 saturated carbocycles. The number of carbonyl (C=O) groups excluding carboxylic acids is 1. The van der Waals surface area contributed by atoms with Crippen molar-refractivity contribution in [2.75, 3.05) is 4.55 Å². The summed E-state index contributed by atoms with van der Waals surface area (Å²) in [6.45, 7) is 0. The largest absolute Gasteiger partial charge is 0.343 e. The second-order valence-corrected chi connectivity index (χ2v) is 3.49. The second kappa shape index (κ2) is 4.79. The van der Waals surface area contributed by atoms with E-state index in [1.807, 2.05) is 22.6 Å². The van der Waals surface area contributed by atoms with Crippen LogP contribution in [0.1, 0.15) is 25.7 Å². The Morgan fingerprint density at radius 2 is 2.17 bits per heavy atom. The molecular weight excluding hydrogens is 272 g/mol. The molecule has 0 aromatic heterocycles. The van der Waals surface area contributed by atoms with E-state index < -0.39 is 0 Å². The van der Waals surface area contributed by atoms with Gasteiger partial charge in [-0.25, -0.2) is 4.39 Å². The Morgan fingerprint density at radius 1 is 1.50 bits per heavy atom. The average molecular weight is 283 g/mol. The van der Waals surface area contributed by atoms with Crippen LogP contribution >= 0.6 is 22.6 Å². The lowest BCUT2D eigenvalue weighted by atomic mass is 9.98. The number of rotatable bonds is 2. The molecule has 1 aliphatic carbocycles. The van der Waals surface area contributed by atoms with Crippen molar-refractivity contribution in [1.29, 1.82) is 0 Å². The first-order chi connectivity index (χ1) is 5.75. The topological polar surface area (TPSA) is 29.1 Å². The maximum absolute atomic E-state index is 13.0. The molecule has 4 heteroatoms. The van der Waals surface area contributed by atoms with Crippen molar-refractivity contribution < 1.29 is 9.18 Å². The summed E-state index contributed by atoms with van der Waals surface area (Å²) < 4.78 is 13.6. The summed E-state index contributed by atoms with van der Waals surface area (Å²) in [7, 11) is 0. The third kappa shape index (κ3) is 2.43. The van der Waals surface area contributed by atoms with E-state index in [0.717, 1.165) is 12.8 Å². The van der Waals surface area contributed by atoms with Gasteiger partial charge in [0.2, 0.25) is 5.91 Å². The van der Waals surface area contributed by atoms with Crippen molar-refractivity contribution in [1.82, 2.24) is 5.32 Å². The van der Waals surface area contributed by atoms with Crippen LogP contribution in [0.3, 0.4) is 0 Å². The minimum Gasteiger partial charge on any atom is -0.343 e. The lowest BCUT2D eigenvalue weighted by Gasteiger charge is -2.13. The molecule has 0 spiro atoms. The predicted molar refractivity (Wildman–Crippen MR) is 53.6 cm³/mol. The molecule has 0 radical (unpaired) electrons. The van der Waals surface area contributed by atoms with Crippen molar-refractivity contribution in [3.05, 3.63) is 11.4 Å². The fourth-order valence-electron chi connectivity index (χ4n) is 1.27. The summed E-state index contributed by atoms with van der Waals surface area (Å²) in [5.74, 6) is -0.454. The Balaban J connectivity index is 2.64. The Morgan fingerprint density at radius 3 is 2.75 bits per heavy atom. The Kier molecular flexibility index (Phi) is 3.97. The number of halogens is 2. The van der Waals surface area contributed by atoms with Crippen molar-refractivity contribution in [2.45, 2.75) is 25.7 Å². The van der Waals surface area contributed by atoms with E-state index in [4.69, 9.17) is 0 Å². The van der Waals surface area contributed by atoms with Gasteiger partial charge >= 0.3 is 0 Å². The SMILES string of the molecule is O=C(NCI)C1=C(F)CCCC1. The van der Waals surface area contributed by atoms with Gasteiger partial charge in [0.15, 0.2) is 0 Å². The molecule has 1 aliphatic rings. The molecule has 0 unspecified atom stereocenters. The molecule has 0 saturated heterocycles. The van der Waals surface area contributed by atoms with Gasteiger partial charge in [-0.3, -0.25) is 4.79 Å². The summed E-state index contributed by atoms with van der Waals surface area (Å²) in [6, 6.07) is 0. The van der Waals surface area contributed by atoms with Gasteiger partial charge in [-0.15, -0.1) is 0 Å². The van der Waals surface area contributed by atoms with Crippen LogP contribution in [-0.4, -0.2) is 10.5 Å². The molecule has 1 N–H and O–H groups in total. The molecule has 0 aromatic rings. The van der Waals surface area contributed by atoms with Gasteiger partial charge in [-0.05, 0) is 25.7 Å². The number of nitrogens with one attached hydrogen (secondary N) is 1. The third-order valence-corrected chi connectivity index (χ3v) is 2.28. The van der Waals surface area contributed by atoms with Gasteiger partial charge in [-0.1, -0.05) is 22.6 Å². The lowest BCUT2D eigenvalue weighted by Crippen LogP contribution is -2.24. The van der Waals surface area contributed by atoms with Crippen LogP contribution < -0.4 is 5.32 Å². The van der Waals surface area contributed by atoms with Gasteiger partial charge in [0.1, 0.15) is 5.83 Å². The summed E-state index contributed by atoms with van der Waals surface area (Å²) >= 11 is 2.03. The van der Waals surface area contributed by atoms with Crippen LogP contribution in [0.15, 0.2) is 11.4 Å². The van der Waals surface area contributed by atoms with E-state index in [9.17, 15) is 9.18 Å². The molecule has 0 bridgehead atoms. The zero-order valence-corrected chi connectivity index (χ0v) is 8.86. The third-order valence-electron chi connectivity index (χ3n) is 1.90. The van der Waals surface area contributed by atoms with Crippen LogP contribution in [0, 0.1) is 0 Å². The highest BCUT2D eigenvalue weighted by Crippen LogP contribution is 2.25. The van der Waals surface area contributed by atoms with Crippen molar-refractivity contribution >= 4 is 28.5 Å². The number of alkyl halides is 1. The minimum atomic E-state index is -0.235. The van der Waals surface area contributed by atoms with Gasteiger partial charge in [0.05, 0.1) is 4.55 Å². The molecule has 0 fully saturated rings. The van der Waals surface area contributed by atoms with Crippen LogP contribution in [0.25, 0.3) is 0 Å². The van der Waals surface area contributed by atoms with Crippen molar-refractivity contribution in [3.8, 4) is 0 Å². The van der Waals surface area contributed by atoms with Gasteiger partial charge in [0.25, 0.3) is 0 Å². The zero-order valence-electron chi connectivity index (χ0n) is 6.70. The normalized spacial score (nSPS) is 17.8. The predicted octanol–water partition coefficient (Wildman–Crippen LogP) is 2.29. The van der Waals surface area contributed by atoms with Crippen LogP contribution in [-0.2, 0) is 4.79 Å². The van der Waals surface area contributed by atoms with Gasteiger partial charge in [0, 0.05) is 5.57 Å². The highest BCUT2D eigenvalue weighted by Gasteiger charge is 2.18. The smallest absolute Gasteiger partial charge is 0.250 e. The minimum absolute atomic E-state index is 0.219. The van der Waals surface area contributed by atoms with E-state index in [1.165, 1.54) is 0 Å². The first-order valence-electron chi connectivity index (χ1n) is 3.97. The highest BCUT2D eigenvalue weighted by molar-refractivity contribution is 14.1. The Hall–Kier alpha value is -0.130. The van der Waals surface area contributed by atoms with E-state index in [2.05, 4.69) is 5.32 Å². The van der Waals surface area contributed by atoms with Gasteiger partial charge in [-0.2, -0.15) is 0 Å². The summed E-state index contributed by atoms with van der Waals surface area (Å²) in [4.78, 5) is 11.2. The number of allylic oxidation sites excluding steroid dienone is 1. The molecule has 2 nitrogen and oxygen atoms in total. The maximum atomic E-state index is 13.0. The standard InChI is InChI=1S/C8H11FINO/c9-7-4-2-1-3-6(7)8(12)11-5-10/h1-5H2,(H,11,12). The maximum Gasteiger partial charge on any atom is 0.250 e. The van der Waals surface area contributed by atoms with Crippen molar-refractivity contribution in [3.63, 3.8) is 0 Å². The lowest BCUT2D eigenvalue weighted by molar-refractivity contribution is -0.117. The number of hydrogen-bond acceptors (Lipinski definition) is 1. The molecule has 68 valence electrons. The fourth-order valence-corrected chi connectivity index (χ4v) is 1.62. The van der Waals surface area contributed by atoms with E-state index >= 15 is 0 Å². The fraction of sp³-hybridized carbons (Fsp3) is 0.625. The first-order valence-corrected chi connectivity index (χ1v) is 5.50. The monoisotopic (exact) mass is 283 g/mol. The summed E-state index contributed by atoms with van der Waals surface area (Å²) in [5, 5.41) is 2.60. The molecule has 0 heterocycles. The molecular formula is C8H11FINO. The second-order valence-electron chi connectivity index (χ2n) is 2.73. The van der Waals surface area contributed by atoms with E-state index in [-0.39, 0.29) is 11.7 Å². The van der Waals surface area contributed by atoms with Crippen LogP contribution in [0.4, 0.5) is 4.39 Å². The zero-order chi connectivity index (χ0) is 8.97. The molecule has 0 atom stereocenters. The molecule has 0 aliphatic heterocycles. The number of amides is 1. The summed E-state index contributed by atoms with van der Waals surface area (Å²) in [6.07, 6.45) is 2.82. The molecule has 1 rings (SSSR count). The van der Waals surface area contributed by atoms with E-state index in [1.54, 1.807) is 0 Å². The molecule has 0 aromatic carbocycles. The Bertz CT molecular complexity index is 215.